The van der Waals surface area contributed by atoms with Crippen molar-refractivity contribution in [1.29, 1.82) is 5.26 Å². The Kier molecular flexibility index (Phi) is 4.20. The van der Waals surface area contributed by atoms with Crippen LogP contribution in [-0.4, -0.2) is 16.8 Å². The van der Waals surface area contributed by atoms with E-state index in [1.807, 2.05) is 24.1 Å². The van der Waals surface area contributed by atoms with Crippen LogP contribution in [0, 0.1) is 11.3 Å². The zero-order valence-corrected chi connectivity index (χ0v) is 12.8. The predicted octanol–water partition coefficient (Wildman–Crippen LogP) is 2.05. The minimum atomic E-state index is -0.172. The van der Waals surface area contributed by atoms with Crippen LogP contribution in [0.3, 0.4) is 0 Å². The summed E-state index contributed by atoms with van der Waals surface area (Å²) in [6.45, 7) is 0.624. The van der Waals surface area contributed by atoms with E-state index in [4.69, 9.17) is 5.26 Å². The van der Waals surface area contributed by atoms with Crippen molar-refractivity contribution in [2.24, 2.45) is 7.05 Å². The third kappa shape index (κ3) is 2.89. The quantitative estimate of drug-likeness (QED) is 0.863. The summed E-state index contributed by atoms with van der Waals surface area (Å²) in [5.41, 5.74) is 2.25. The molecule has 1 heterocycles. The highest BCUT2D eigenvalue weighted by Gasteiger charge is 2.11. The van der Waals surface area contributed by atoms with E-state index in [0.717, 1.165) is 11.3 Å². The average molecular weight is 333 g/mol. The molecule has 6 heteroatoms. The van der Waals surface area contributed by atoms with Crippen LogP contribution in [0.15, 0.2) is 39.7 Å². The van der Waals surface area contributed by atoms with Crippen LogP contribution in [0.4, 0.5) is 5.69 Å². The Labute approximate surface area is 125 Å². The number of aromatic nitrogens is 2. The summed E-state index contributed by atoms with van der Waals surface area (Å²) in [6, 6.07) is 9.44. The smallest absolute Gasteiger partial charge is 0.282 e. The van der Waals surface area contributed by atoms with Gasteiger partial charge in [-0.25, -0.2) is 4.68 Å². The third-order valence-electron chi connectivity index (χ3n) is 2.97. The molecule has 0 bridgehead atoms. The van der Waals surface area contributed by atoms with E-state index in [0.29, 0.717) is 16.6 Å². The first kappa shape index (κ1) is 14.3. The van der Waals surface area contributed by atoms with Gasteiger partial charge in [0.25, 0.3) is 5.56 Å². The Morgan fingerprint density at radius 2 is 2.05 bits per heavy atom. The first-order chi connectivity index (χ1) is 9.52. The van der Waals surface area contributed by atoms with Gasteiger partial charge >= 0.3 is 0 Å². The second-order valence-corrected chi connectivity index (χ2v) is 5.23. The second-order valence-electron chi connectivity index (χ2n) is 4.44. The lowest BCUT2D eigenvalue weighted by molar-refractivity contribution is 0.698. The Balaban J connectivity index is 2.24. The number of rotatable bonds is 3. The molecule has 0 aliphatic carbocycles. The molecule has 0 saturated carbocycles. The molecule has 0 amide bonds. The summed E-state index contributed by atoms with van der Waals surface area (Å²) in [4.78, 5) is 13.8. The molecule has 1 aromatic heterocycles. The van der Waals surface area contributed by atoms with Crippen LogP contribution >= 0.6 is 15.9 Å². The van der Waals surface area contributed by atoms with Gasteiger partial charge in [-0.3, -0.25) is 4.79 Å². The molecule has 102 valence electrons. The molecule has 0 spiro atoms. The van der Waals surface area contributed by atoms with Gasteiger partial charge in [0, 0.05) is 20.6 Å². The lowest BCUT2D eigenvalue weighted by atomic mass is 10.1. The van der Waals surface area contributed by atoms with Gasteiger partial charge in [-0.15, -0.1) is 0 Å². The standard InChI is InChI=1S/C14H13BrN4O/c1-18(9-11-5-3-10(7-16)4-6-11)12-8-17-19(2)14(20)13(12)15/h3-6,8H,9H2,1-2H3. The van der Waals surface area contributed by atoms with Gasteiger partial charge in [0.1, 0.15) is 4.47 Å². The number of hydrogen-bond acceptors (Lipinski definition) is 4. The number of benzene rings is 1. The van der Waals surface area contributed by atoms with Crippen molar-refractivity contribution >= 4 is 21.6 Å². The lowest BCUT2D eigenvalue weighted by Gasteiger charge is -2.20. The maximum atomic E-state index is 11.8. The summed E-state index contributed by atoms with van der Waals surface area (Å²) in [7, 11) is 3.50. The molecule has 0 aliphatic heterocycles. The van der Waals surface area contributed by atoms with Crippen molar-refractivity contribution in [3.63, 3.8) is 0 Å². The minimum absolute atomic E-state index is 0.172. The molecular formula is C14H13BrN4O. The molecule has 2 aromatic rings. The van der Waals surface area contributed by atoms with Crippen molar-refractivity contribution < 1.29 is 0 Å². The van der Waals surface area contributed by atoms with E-state index in [2.05, 4.69) is 27.1 Å². The van der Waals surface area contributed by atoms with Gasteiger partial charge in [0.2, 0.25) is 0 Å². The van der Waals surface area contributed by atoms with Crippen molar-refractivity contribution in [3.05, 3.63) is 56.4 Å². The van der Waals surface area contributed by atoms with Crippen LogP contribution in [0.2, 0.25) is 0 Å². The number of anilines is 1. The van der Waals surface area contributed by atoms with E-state index >= 15 is 0 Å². The highest BCUT2D eigenvalue weighted by molar-refractivity contribution is 9.10. The third-order valence-corrected chi connectivity index (χ3v) is 3.72. The van der Waals surface area contributed by atoms with Crippen molar-refractivity contribution in [3.8, 4) is 6.07 Å². The van der Waals surface area contributed by atoms with Crippen LogP contribution in [0.5, 0.6) is 0 Å². The van der Waals surface area contributed by atoms with E-state index in [1.165, 1.54) is 4.68 Å². The highest BCUT2D eigenvalue weighted by Crippen LogP contribution is 2.21. The fourth-order valence-corrected chi connectivity index (χ4v) is 2.47. The van der Waals surface area contributed by atoms with Gasteiger partial charge in [-0.1, -0.05) is 12.1 Å². The first-order valence-corrected chi connectivity index (χ1v) is 6.74. The number of halogens is 1. The maximum absolute atomic E-state index is 11.8. The molecule has 1 aromatic carbocycles. The lowest BCUT2D eigenvalue weighted by Crippen LogP contribution is -2.25. The van der Waals surface area contributed by atoms with E-state index in [-0.39, 0.29) is 5.56 Å². The number of hydrogen-bond donors (Lipinski definition) is 0. The number of nitrogens with zero attached hydrogens (tertiary/aromatic N) is 4. The van der Waals surface area contributed by atoms with Crippen LogP contribution < -0.4 is 10.5 Å². The Bertz CT molecular complexity index is 715. The zero-order chi connectivity index (χ0) is 14.7. The monoisotopic (exact) mass is 332 g/mol. The SMILES string of the molecule is CN(Cc1ccc(C#N)cc1)c1cnn(C)c(=O)c1Br. The largest absolute Gasteiger partial charge is 0.368 e. The predicted molar refractivity (Wildman–Crippen MR) is 80.4 cm³/mol. The molecule has 0 unspecified atom stereocenters. The van der Waals surface area contributed by atoms with E-state index < -0.39 is 0 Å². The Morgan fingerprint density at radius 3 is 2.65 bits per heavy atom. The molecule has 0 N–H and O–H groups in total. The zero-order valence-electron chi connectivity index (χ0n) is 11.2. The van der Waals surface area contributed by atoms with Gasteiger partial charge in [-0.2, -0.15) is 10.4 Å². The summed E-state index contributed by atoms with van der Waals surface area (Å²) >= 11 is 3.31. The number of aryl methyl sites for hydroxylation is 1. The van der Waals surface area contributed by atoms with Crippen LogP contribution in [0.25, 0.3) is 0 Å². The second kappa shape index (κ2) is 5.88. The molecular weight excluding hydrogens is 320 g/mol. The summed E-state index contributed by atoms with van der Waals surface area (Å²) in [5.74, 6) is 0. The number of nitriles is 1. The molecule has 0 atom stereocenters. The van der Waals surface area contributed by atoms with E-state index in [9.17, 15) is 4.79 Å². The normalized spacial score (nSPS) is 10.1. The van der Waals surface area contributed by atoms with Gasteiger partial charge in [-0.05, 0) is 33.6 Å². The van der Waals surface area contributed by atoms with Crippen LogP contribution in [-0.2, 0) is 13.6 Å². The molecule has 0 fully saturated rings. The fourth-order valence-electron chi connectivity index (χ4n) is 1.81. The molecule has 0 saturated heterocycles. The molecule has 2 rings (SSSR count). The Morgan fingerprint density at radius 1 is 1.40 bits per heavy atom. The van der Waals surface area contributed by atoms with Crippen molar-refractivity contribution in [2.75, 3.05) is 11.9 Å². The Hall–Kier alpha value is -2.13. The molecule has 5 nitrogen and oxygen atoms in total. The summed E-state index contributed by atoms with van der Waals surface area (Å²) < 4.78 is 1.77. The molecule has 0 radical (unpaired) electrons. The van der Waals surface area contributed by atoms with E-state index in [1.54, 1.807) is 25.4 Å². The van der Waals surface area contributed by atoms with Gasteiger partial charge < -0.3 is 4.90 Å². The summed E-state index contributed by atoms with van der Waals surface area (Å²) in [5, 5.41) is 12.8. The minimum Gasteiger partial charge on any atom is -0.368 e. The van der Waals surface area contributed by atoms with Crippen molar-refractivity contribution in [1.82, 2.24) is 9.78 Å². The average Bonchev–Trinajstić information content (AvgIpc) is 2.45. The fraction of sp³-hybridized carbons (Fsp3) is 0.214. The van der Waals surface area contributed by atoms with Crippen molar-refractivity contribution in [2.45, 2.75) is 6.54 Å². The topological polar surface area (TPSA) is 61.9 Å². The van der Waals surface area contributed by atoms with Gasteiger partial charge in [0.15, 0.2) is 0 Å². The molecule has 20 heavy (non-hydrogen) atoms. The maximum Gasteiger partial charge on any atom is 0.282 e. The first-order valence-electron chi connectivity index (χ1n) is 5.95. The summed E-state index contributed by atoms with van der Waals surface area (Å²) in [6.07, 6.45) is 1.65. The highest BCUT2D eigenvalue weighted by atomic mass is 79.9. The van der Waals surface area contributed by atoms with Crippen LogP contribution in [0.1, 0.15) is 11.1 Å². The molecule has 0 aliphatic rings. The van der Waals surface area contributed by atoms with Gasteiger partial charge in [0.05, 0.1) is 23.5 Å².